The number of halogens is 1. The minimum absolute atomic E-state index is 0.0800. The van der Waals surface area contributed by atoms with E-state index in [-0.39, 0.29) is 5.91 Å². The van der Waals surface area contributed by atoms with Gasteiger partial charge in [0.2, 0.25) is 0 Å². The van der Waals surface area contributed by atoms with Gasteiger partial charge in [0.1, 0.15) is 0 Å². The fourth-order valence-electron chi connectivity index (χ4n) is 1.97. The summed E-state index contributed by atoms with van der Waals surface area (Å²) in [7, 11) is 1.91. The van der Waals surface area contributed by atoms with E-state index in [0.29, 0.717) is 0 Å². The highest BCUT2D eigenvalue weighted by Crippen LogP contribution is 2.22. The quantitative estimate of drug-likeness (QED) is 0.880. The second kappa shape index (κ2) is 7.22. The zero-order valence-electron chi connectivity index (χ0n) is 11.3. The van der Waals surface area contributed by atoms with Gasteiger partial charge in [0, 0.05) is 10.0 Å². The Morgan fingerprint density at radius 2 is 1.80 bits per heavy atom. The summed E-state index contributed by atoms with van der Waals surface area (Å²) in [4.78, 5) is 12.4. The van der Waals surface area contributed by atoms with Crippen molar-refractivity contribution in [3.63, 3.8) is 0 Å². The Morgan fingerprint density at radius 3 is 2.55 bits per heavy atom. The zero-order valence-corrected chi connectivity index (χ0v) is 12.9. The summed E-state index contributed by atoms with van der Waals surface area (Å²) < 4.78 is 0.876. The molecular formula is C16H17BrN2O. The van der Waals surface area contributed by atoms with Gasteiger partial charge in [0.05, 0.1) is 5.69 Å². The van der Waals surface area contributed by atoms with Crippen LogP contribution in [-0.4, -0.2) is 19.5 Å². The first-order chi connectivity index (χ1) is 9.72. The number of likely N-dealkylation sites (N-methyl/N-ethyl adjacent to an activating group) is 1. The van der Waals surface area contributed by atoms with Gasteiger partial charge in [0.25, 0.3) is 5.91 Å². The molecule has 0 saturated carbocycles. The number of rotatable bonds is 5. The van der Waals surface area contributed by atoms with E-state index in [1.165, 1.54) is 0 Å². The number of anilines is 1. The van der Waals surface area contributed by atoms with Crippen LogP contribution in [0.3, 0.4) is 0 Å². The second-order valence-electron chi connectivity index (χ2n) is 4.44. The summed E-state index contributed by atoms with van der Waals surface area (Å²) in [6.45, 7) is 0.847. The molecular weight excluding hydrogens is 316 g/mol. The Labute approximate surface area is 127 Å². The predicted octanol–water partition coefficient (Wildman–Crippen LogP) is 3.46. The largest absolute Gasteiger partial charge is 0.321 e. The average molecular weight is 333 g/mol. The number of amides is 1. The fraction of sp³-hybridized carbons (Fsp3) is 0.188. The Bertz CT molecular complexity index is 599. The topological polar surface area (TPSA) is 41.1 Å². The lowest BCUT2D eigenvalue weighted by molar-refractivity contribution is 0.102. The van der Waals surface area contributed by atoms with Crippen LogP contribution < -0.4 is 10.6 Å². The van der Waals surface area contributed by atoms with Crippen molar-refractivity contribution >= 4 is 27.5 Å². The van der Waals surface area contributed by atoms with E-state index in [1.807, 2.05) is 55.6 Å². The van der Waals surface area contributed by atoms with Crippen LogP contribution >= 0.6 is 15.9 Å². The van der Waals surface area contributed by atoms with E-state index in [2.05, 4.69) is 26.6 Å². The summed E-state index contributed by atoms with van der Waals surface area (Å²) >= 11 is 3.43. The van der Waals surface area contributed by atoms with Crippen molar-refractivity contribution in [1.82, 2.24) is 5.32 Å². The lowest BCUT2D eigenvalue weighted by Gasteiger charge is -2.11. The van der Waals surface area contributed by atoms with Crippen LogP contribution in [0.1, 0.15) is 15.9 Å². The van der Waals surface area contributed by atoms with Crippen LogP contribution in [0.15, 0.2) is 53.0 Å². The van der Waals surface area contributed by atoms with Gasteiger partial charge in [-0.05, 0) is 59.7 Å². The standard InChI is InChI=1S/C16H17BrN2O/c1-18-11-10-12-6-2-3-7-13(12)16(20)19-15-9-5-4-8-14(15)17/h2-9,18H,10-11H2,1H3,(H,19,20). The maximum atomic E-state index is 12.4. The van der Waals surface area contributed by atoms with Gasteiger partial charge in [-0.15, -0.1) is 0 Å². The highest BCUT2D eigenvalue weighted by molar-refractivity contribution is 9.10. The molecule has 0 radical (unpaired) electrons. The van der Waals surface area contributed by atoms with Gasteiger partial charge < -0.3 is 10.6 Å². The lowest BCUT2D eigenvalue weighted by Crippen LogP contribution is -2.17. The fourth-order valence-corrected chi connectivity index (χ4v) is 2.36. The summed E-state index contributed by atoms with van der Waals surface area (Å²) in [5.41, 5.74) is 2.55. The van der Waals surface area contributed by atoms with Crippen molar-refractivity contribution in [3.05, 3.63) is 64.1 Å². The summed E-state index contributed by atoms with van der Waals surface area (Å²) in [6, 6.07) is 15.3. The van der Waals surface area contributed by atoms with Crippen molar-refractivity contribution < 1.29 is 4.79 Å². The van der Waals surface area contributed by atoms with Crippen molar-refractivity contribution in [3.8, 4) is 0 Å². The van der Waals surface area contributed by atoms with Gasteiger partial charge >= 0.3 is 0 Å². The van der Waals surface area contributed by atoms with E-state index in [4.69, 9.17) is 0 Å². The van der Waals surface area contributed by atoms with E-state index >= 15 is 0 Å². The number of nitrogens with one attached hydrogen (secondary N) is 2. The molecule has 0 fully saturated rings. The van der Waals surface area contributed by atoms with E-state index in [0.717, 1.165) is 34.3 Å². The molecule has 2 aromatic rings. The van der Waals surface area contributed by atoms with Gasteiger partial charge in [-0.3, -0.25) is 4.79 Å². The van der Waals surface area contributed by atoms with Gasteiger partial charge in [-0.2, -0.15) is 0 Å². The van der Waals surface area contributed by atoms with Crippen LogP contribution in [0.5, 0.6) is 0 Å². The molecule has 0 saturated heterocycles. The molecule has 0 atom stereocenters. The first-order valence-corrected chi connectivity index (χ1v) is 7.30. The van der Waals surface area contributed by atoms with Crippen LogP contribution in [0, 0.1) is 0 Å². The van der Waals surface area contributed by atoms with Crippen LogP contribution in [-0.2, 0) is 6.42 Å². The minimum atomic E-state index is -0.0800. The molecule has 0 bridgehead atoms. The van der Waals surface area contributed by atoms with Crippen molar-refractivity contribution in [2.24, 2.45) is 0 Å². The molecule has 104 valence electrons. The third-order valence-corrected chi connectivity index (χ3v) is 3.72. The summed E-state index contributed by atoms with van der Waals surface area (Å²) in [5.74, 6) is -0.0800. The molecule has 2 N–H and O–H groups in total. The molecule has 1 amide bonds. The Balaban J connectivity index is 2.19. The molecule has 0 aliphatic rings. The highest BCUT2D eigenvalue weighted by atomic mass is 79.9. The Kier molecular flexibility index (Phi) is 5.32. The van der Waals surface area contributed by atoms with Crippen LogP contribution in [0.25, 0.3) is 0 Å². The monoisotopic (exact) mass is 332 g/mol. The van der Waals surface area contributed by atoms with Crippen LogP contribution in [0.4, 0.5) is 5.69 Å². The summed E-state index contributed by atoms with van der Waals surface area (Å²) in [5, 5.41) is 6.04. The number of benzene rings is 2. The van der Waals surface area contributed by atoms with Crippen molar-refractivity contribution in [1.29, 1.82) is 0 Å². The number of hydrogen-bond acceptors (Lipinski definition) is 2. The minimum Gasteiger partial charge on any atom is -0.321 e. The Hall–Kier alpha value is -1.65. The highest BCUT2D eigenvalue weighted by Gasteiger charge is 2.11. The average Bonchev–Trinajstić information content (AvgIpc) is 2.47. The van der Waals surface area contributed by atoms with Crippen LogP contribution in [0.2, 0.25) is 0 Å². The first kappa shape index (κ1) is 14.8. The number of para-hydroxylation sites is 1. The Morgan fingerprint density at radius 1 is 1.10 bits per heavy atom. The first-order valence-electron chi connectivity index (χ1n) is 6.50. The molecule has 0 aliphatic heterocycles. The molecule has 0 heterocycles. The van der Waals surface area contributed by atoms with Gasteiger partial charge in [-0.25, -0.2) is 0 Å². The SMILES string of the molecule is CNCCc1ccccc1C(=O)Nc1ccccc1Br. The maximum absolute atomic E-state index is 12.4. The zero-order chi connectivity index (χ0) is 14.4. The molecule has 0 aromatic heterocycles. The molecule has 0 unspecified atom stereocenters. The van der Waals surface area contributed by atoms with Crippen molar-refractivity contribution in [2.75, 3.05) is 18.9 Å². The molecule has 0 aliphatic carbocycles. The third-order valence-electron chi connectivity index (χ3n) is 3.03. The molecule has 2 aromatic carbocycles. The molecule has 3 nitrogen and oxygen atoms in total. The second-order valence-corrected chi connectivity index (χ2v) is 5.30. The van der Waals surface area contributed by atoms with E-state index < -0.39 is 0 Å². The van der Waals surface area contributed by atoms with Gasteiger partial charge in [0.15, 0.2) is 0 Å². The normalized spacial score (nSPS) is 10.3. The lowest BCUT2D eigenvalue weighted by atomic mass is 10.0. The smallest absolute Gasteiger partial charge is 0.255 e. The predicted molar refractivity (Wildman–Crippen MR) is 86.2 cm³/mol. The number of carbonyl (C=O) groups excluding carboxylic acids is 1. The van der Waals surface area contributed by atoms with Crippen molar-refractivity contribution in [2.45, 2.75) is 6.42 Å². The summed E-state index contributed by atoms with van der Waals surface area (Å²) in [6.07, 6.45) is 0.829. The third kappa shape index (κ3) is 3.68. The van der Waals surface area contributed by atoms with E-state index in [1.54, 1.807) is 0 Å². The molecule has 20 heavy (non-hydrogen) atoms. The molecule has 0 spiro atoms. The number of hydrogen-bond donors (Lipinski definition) is 2. The molecule has 2 rings (SSSR count). The maximum Gasteiger partial charge on any atom is 0.255 e. The number of carbonyl (C=O) groups is 1. The van der Waals surface area contributed by atoms with Gasteiger partial charge in [-0.1, -0.05) is 30.3 Å². The molecule has 4 heteroatoms. The van der Waals surface area contributed by atoms with E-state index in [9.17, 15) is 4.79 Å².